The Bertz CT molecular complexity index is 851. The average Bonchev–Trinajstić information content (AvgIpc) is 3.16. The standard InChI is InChI=1S/C18H14BrNO3S/c1-11-16(18(22)23-2)17(21)15(10-14-4-3-9-24-14)20(11)13-7-5-12(19)6-8-13/h3-10H,1-2H3/b15-10-. The highest BCUT2D eigenvalue weighted by Crippen LogP contribution is 2.36. The molecule has 1 aliphatic rings. The number of nitrogens with zero attached hydrogens (tertiary/aromatic N) is 1. The number of thiophene rings is 1. The molecule has 0 saturated carbocycles. The molecule has 0 aliphatic carbocycles. The molecule has 0 bridgehead atoms. The predicted molar refractivity (Wildman–Crippen MR) is 98.6 cm³/mol. The third kappa shape index (κ3) is 2.95. The number of ketones is 1. The number of allylic oxidation sites excluding steroid dienone is 2. The van der Waals surface area contributed by atoms with Crippen LogP contribution in [0.25, 0.3) is 6.08 Å². The van der Waals surface area contributed by atoms with Crippen LogP contribution in [0.1, 0.15) is 11.8 Å². The van der Waals surface area contributed by atoms with E-state index >= 15 is 0 Å². The summed E-state index contributed by atoms with van der Waals surface area (Å²) in [7, 11) is 1.28. The van der Waals surface area contributed by atoms with Gasteiger partial charge in [-0.15, -0.1) is 11.3 Å². The molecular formula is C18H14BrNO3S. The summed E-state index contributed by atoms with van der Waals surface area (Å²) in [5.74, 6) is -0.940. The normalized spacial score (nSPS) is 16.2. The molecule has 1 aromatic heterocycles. The summed E-state index contributed by atoms with van der Waals surface area (Å²) in [5.41, 5.74) is 1.89. The number of carbonyl (C=O) groups is 2. The molecule has 0 saturated heterocycles. The van der Waals surface area contributed by atoms with Crippen LogP contribution in [0.4, 0.5) is 5.69 Å². The van der Waals surface area contributed by atoms with E-state index in [1.54, 1.807) is 17.9 Å². The zero-order valence-corrected chi connectivity index (χ0v) is 15.5. The Kier molecular flexibility index (Phi) is 4.69. The monoisotopic (exact) mass is 403 g/mol. The molecule has 2 aromatic rings. The Labute approximate surface area is 152 Å². The number of halogens is 1. The second-order valence-electron chi connectivity index (χ2n) is 5.14. The van der Waals surface area contributed by atoms with E-state index in [2.05, 4.69) is 15.9 Å². The number of hydrogen-bond acceptors (Lipinski definition) is 5. The maximum atomic E-state index is 12.8. The highest BCUT2D eigenvalue weighted by Gasteiger charge is 2.38. The number of carbonyl (C=O) groups excluding carboxylic acids is 2. The quantitative estimate of drug-likeness (QED) is 0.433. The first-order valence-electron chi connectivity index (χ1n) is 7.17. The number of rotatable bonds is 3. The minimum absolute atomic E-state index is 0.0724. The van der Waals surface area contributed by atoms with Crippen molar-refractivity contribution in [2.45, 2.75) is 6.92 Å². The summed E-state index contributed by atoms with van der Waals surface area (Å²) in [6.45, 7) is 1.75. The Morgan fingerprint density at radius 2 is 1.96 bits per heavy atom. The van der Waals surface area contributed by atoms with E-state index in [4.69, 9.17) is 4.74 Å². The first-order chi connectivity index (χ1) is 11.5. The highest BCUT2D eigenvalue weighted by molar-refractivity contribution is 9.10. The fourth-order valence-corrected chi connectivity index (χ4v) is 3.51. The molecular weight excluding hydrogens is 390 g/mol. The van der Waals surface area contributed by atoms with Crippen LogP contribution in [0.2, 0.25) is 0 Å². The fourth-order valence-electron chi connectivity index (χ4n) is 2.59. The maximum Gasteiger partial charge on any atom is 0.343 e. The van der Waals surface area contributed by atoms with E-state index in [1.807, 2.05) is 41.8 Å². The molecule has 0 N–H and O–H groups in total. The minimum Gasteiger partial charge on any atom is -0.465 e. The number of esters is 1. The first kappa shape index (κ1) is 16.7. The highest BCUT2D eigenvalue weighted by atomic mass is 79.9. The van der Waals surface area contributed by atoms with Crippen molar-refractivity contribution in [1.82, 2.24) is 0 Å². The van der Waals surface area contributed by atoms with E-state index < -0.39 is 5.97 Å². The Morgan fingerprint density at radius 3 is 2.54 bits per heavy atom. The molecule has 6 heteroatoms. The molecule has 1 aromatic carbocycles. The number of benzene rings is 1. The summed E-state index contributed by atoms with van der Waals surface area (Å²) in [4.78, 5) is 27.6. The van der Waals surface area contributed by atoms with Crippen molar-refractivity contribution < 1.29 is 14.3 Å². The zero-order chi connectivity index (χ0) is 17.3. The van der Waals surface area contributed by atoms with E-state index in [1.165, 1.54) is 18.4 Å². The third-order valence-electron chi connectivity index (χ3n) is 3.69. The average molecular weight is 404 g/mol. The smallest absolute Gasteiger partial charge is 0.343 e. The van der Waals surface area contributed by atoms with Crippen LogP contribution in [0.5, 0.6) is 0 Å². The van der Waals surface area contributed by atoms with Crippen molar-refractivity contribution in [3.63, 3.8) is 0 Å². The largest absolute Gasteiger partial charge is 0.465 e. The molecule has 0 fully saturated rings. The minimum atomic E-state index is -0.616. The van der Waals surface area contributed by atoms with Gasteiger partial charge in [0.2, 0.25) is 5.78 Å². The molecule has 0 amide bonds. The lowest BCUT2D eigenvalue weighted by Gasteiger charge is -2.21. The van der Waals surface area contributed by atoms with Crippen LogP contribution in [0, 0.1) is 0 Å². The van der Waals surface area contributed by atoms with Gasteiger partial charge in [-0.3, -0.25) is 4.79 Å². The van der Waals surface area contributed by atoms with Crippen LogP contribution in [-0.4, -0.2) is 18.9 Å². The van der Waals surface area contributed by atoms with Crippen LogP contribution < -0.4 is 4.90 Å². The number of hydrogen-bond donors (Lipinski definition) is 0. The molecule has 122 valence electrons. The van der Waals surface area contributed by atoms with Gasteiger partial charge in [0, 0.05) is 20.7 Å². The lowest BCUT2D eigenvalue weighted by molar-refractivity contribution is -0.137. The van der Waals surface area contributed by atoms with Crippen molar-refractivity contribution in [1.29, 1.82) is 0 Å². The summed E-state index contributed by atoms with van der Waals surface area (Å²) >= 11 is 4.94. The molecule has 1 aliphatic heterocycles. The molecule has 0 spiro atoms. The summed E-state index contributed by atoms with van der Waals surface area (Å²) in [5, 5.41) is 1.94. The van der Waals surface area contributed by atoms with Gasteiger partial charge >= 0.3 is 5.97 Å². The summed E-state index contributed by atoms with van der Waals surface area (Å²) in [6, 6.07) is 11.4. The van der Waals surface area contributed by atoms with Crippen LogP contribution >= 0.6 is 27.3 Å². The van der Waals surface area contributed by atoms with Crippen molar-refractivity contribution >= 4 is 50.8 Å². The van der Waals surface area contributed by atoms with Crippen molar-refractivity contribution in [2.75, 3.05) is 12.0 Å². The lowest BCUT2D eigenvalue weighted by atomic mass is 10.1. The van der Waals surface area contributed by atoms with Crippen LogP contribution in [-0.2, 0) is 14.3 Å². The Morgan fingerprint density at radius 1 is 1.25 bits per heavy atom. The molecule has 0 radical (unpaired) electrons. The zero-order valence-electron chi connectivity index (χ0n) is 13.1. The molecule has 0 atom stereocenters. The molecule has 4 nitrogen and oxygen atoms in total. The lowest BCUT2D eigenvalue weighted by Crippen LogP contribution is -2.18. The van der Waals surface area contributed by atoms with Gasteiger partial charge in [-0.25, -0.2) is 4.79 Å². The van der Waals surface area contributed by atoms with Gasteiger partial charge in [-0.2, -0.15) is 0 Å². The van der Waals surface area contributed by atoms with Crippen LogP contribution in [0.15, 0.2) is 63.2 Å². The first-order valence-corrected chi connectivity index (χ1v) is 8.85. The number of methoxy groups -OCH3 is 1. The van der Waals surface area contributed by atoms with Crippen molar-refractivity contribution in [2.24, 2.45) is 0 Å². The van der Waals surface area contributed by atoms with Gasteiger partial charge in [0.25, 0.3) is 0 Å². The van der Waals surface area contributed by atoms with Gasteiger partial charge in [-0.05, 0) is 48.7 Å². The van der Waals surface area contributed by atoms with Crippen molar-refractivity contribution in [3.8, 4) is 0 Å². The van der Waals surface area contributed by atoms with E-state index in [0.29, 0.717) is 11.4 Å². The Hall–Kier alpha value is -2.18. The third-order valence-corrected chi connectivity index (χ3v) is 5.04. The molecule has 0 unspecified atom stereocenters. The molecule has 2 heterocycles. The Balaban J connectivity index is 2.15. The summed E-state index contributed by atoms with van der Waals surface area (Å²) in [6.07, 6.45) is 1.80. The molecule has 24 heavy (non-hydrogen) atoms. The fraction of sp³-hybridized carbons (Fsp3) is 0.111. The number of anilines is 1. The van der Waals surface area contributed by atoms with Crippen LogP contribution in [0.3, 0.4) is 0 Å². The van der Waals surface area contributed by atoms with E-state index in [-0.39, 0.29) is 11.4 Å². The maximum absolute atomic E-state index is 12.8. The number of Topliss-reactive ketones (excluding diaryl/α,β-unsaturated/α-hetero) is 1. The summed E-state index contributed by atoms with van der Waals surface area (Å²) < 4.78 is 5.73. The van der Waals surface area contributed by atoms with Gasteiger partial charge in [0.1, 0.15) is 5.57 Å². The second-order valence-corrected chi connectivity index (χ2v) is 7.03. The molecule has 3 rings (SSSR count). The van der Waals surface area contributed by atoms with Gasteiger partial charge in [-0.1, -0.05) is 22.0 Å². The van der Waals surface area contributed by atoms with Gasteiger partial charge in [0.05, 0.1) is 12.8 Å². The van der Waals surface area contributed by atoms with E-state index in [0.717, 1.165) is 15.0 Å². The van der Waals surface area contributed by atoms with Gasteiger partial charge < -0.3 is 9.64 Å². The SMILES string of the molecule is COC(=O)C1=C(C)N(c2ccc(Br)cc2)/C(=C\c2cccs2)C1=O. The number of ether oxygens (including phenoxy) is 1. The second kappa shape index (κ2) is 6.75. The van der Waals surface area contributed by atoms with Gasteiger partial charge in [0.15, 0.2) is 0 Å². The van der Waals surface area contributed by atoms with E-state index in [9.17, 15) is 9.59 Å². The predicted octanol–water partition coefficient (Wildman–Crippen LogP) is 4.39. The topological polar surface area (TPSA) is 46.6 Å². The van der Waals surface area contributed by atoms with Crippen molar-refractivity contribution in [3.05, 3.63) is 68.1 Å².